The van der Waals surface area contributed by atoms with Crippen molar-refractivity contribution in [2.45, 2.75) is 0 Å². The molecule has 8 nitrogen and oxygen atoms in total. The number of methoxy groups -OCH3 is 1. The SMILES string of the molecule is COc1ccc(C(=O)Nc2nnc(-c3ccc4c(c3)OCO4)o2)cc1. The smallest absolute Gasteiger partial charge is 0.322 e. The maximum Gasteiger partial charge on any atom is 0.322 e. The molecular weight excluding hydrogens is 326 g/mol. The summed E-state index contributed by atoms with van der Waals surface area (Å²) in [5, 5.41) is 10.3. The van der Waals surface area contributed by atoms with Crippen LogP contribution in [-0.2, 0) is 0 Å². The Hall–Kier alpha value is -3.55. The number of rotatable bonds is 4. The van der Waals surface area contributed by atoms with Crippen LogP contribution in [0.4, 0.5) is 6.01 Å². The summed E-state index contributed by atoms with van der Waals surface area (Å²) in [6.45, 7) is 0.186. The van der Waals surface area contributed by atoms with Crippen LogP contribution in [0.2, 0.25) is 0 Å². The van der Waals surface area contributed by atoms with E-state index in [1.54, 1.807) is 49.6 Å². The van der Waals surface area contributed by atoms with Gasteiger partial charge in [0.05, 0.1) is 7.11 Å². The Bertz CT molecular complexity index is 920. The molecule has 1 aliphatic rings. The van der Waals surface area contributed by atoms with E-state index in [1.165, 1.54) is 0 Å². The Morgan fingerprint density at radius 3 is 2.68 bits per heavy atom. The third-order valence-electron chi connectivity index (χ3n) is 3.62. The number of hydrogen-bond donors (Lipinski definition) is 1. The number of ether oxygens (including phenoxy) is 3. The third-order valence-corrected chi connectivity index (χ3v) is 3.62. The lowest BCUT2D eigenvalue weighted by molar-refractivity contribution is 0.102. The number of carbonyl (C=O) groups is 1. The van der Waals surface area contributed by atoms with Crippen LogP contribution in [0.3, 0.4) is 0 Å². The van der Waals surface area contributed by atoms with Crippen molar-refractivity contribution in [1.82, 2.24) is 10.2 Å². The molecule has 0 spiro atoms. The molecule has 0 unspecified atom stereocenters. The first-order valence-electron chi connectivity index (χ1n) is 7.42. The number of fused-ring (bicyclic) bond motifs is 1. The largest absolute Gasteiger partial charge is 0.497 e. The minimum atomic E-state index is -0.358. The molecule has 1 N–H and O–H groups in total. The zero-order chi connectivity index (χ0) is 17.2. The van der Waals surface area contributed by atoms with E-state index < -0.39 is 0 Å². The lowest BCUT2D eigenvalue weighted by atomic mass is 10.2. The molecule has 2 aromatic carbocycles. The molecule has 0 saturated heterocycles. The zero-order valence-corrected chi connectivity index (χ0v) is 13.2. The summed E-state index contributed by atoms with van der Waals surface area (Å²) in [6.07, 6.45) is 0. The Kier molecular flexibility index (Phi) is 3.70. The van der Waals surface area contributed by atoms with Crippen LogP contribution >= 0.6 is 0 Å². The van der Waals surface area contributed by atoms with Crippen LogP contribution in [0.5, 0.6) is 17.2 Å². The van der Waals surface area contributed by atoms with E-state index in [0.717, 1.165) is 0 Å². The van der Waals surface area contributed by atoms with Gasteiger partial charge >= 0.3 is 6.01 Å². The molecule has 0 fully saturated rings. The number of carbonyl (C=O) groups excluding carboxylic acids is 1. The topological polar surface area (TPSA) is 95.7 Å². The van der Waals surface area contributed by atoms with Crippen molar-refractivity contribution >= 4 is 11.9 Å². The fourth-order valence-corrected chi connectivity index (χ4v) is 2.33. The molecule has 25 heavy (non-hydrogen) atoms. The van der Waals surface area contributed by atoms with Gasteiger partial charge in [-0.25, -0.2) is 0 Å². The molecule has 1 aromatic heterocycles. The second-order valence-corrected chi connectivity index (χ2v) is 5.16. The van der Waals surface area contributed by atoms with Crippen LogP contribution in [0.15, 0.2) is 46.9 Å². The quantitative estimate of drug-likeness (QED) is 0.780. The van der Waals surface area contributed by atoms with E-state index in [9.17, 15) is 4.79 Å². The minimum Gasteiger partial charge on any atom is -0.497 e. The van der Waals surface area contributed by atoms with Crippen molar-refractivity contribution < 1.29 is 23.4 Å². The molecule has 0 bridgehead atoms. The number of nitrogens with one attached hydrogen (secondary N) is 1. The van der Waals surface area contributed by atoms with Crippen LogP contribution in [0.25, 0.3) is 11.5 Å². The minimum absolute atomic E-state index is 0.00786. The van der Waals surface area contributed by atoms with Gasteiger partial charge in [-0.15, -0.1) is 5.10 Å². The van der Waals surface area contributed by atoms with Gasteiger partial charge < -0.3 is 18.6 Å². The summed E-state index contributed by atoms with van der Waals surface area (Å²) >= 11 is 0. The fraction of sp³-hybridized carbons (Fsp3) is 0.118. The molecule has 4 rings (SSSR count). The van der Waals surface area contributed by atoms with Gasteiger partial charge in [-0.05, 0) is 42.5 Å². The van der Waals surface area contributed by atoms with Gasteiger partial charge in [0.2, 0.25) is 12.7 Å². The van der Waals surface area contributed by atoms with Crippen molar-refractivity contribution in [3.05, 3.63) is 48.0 Å². The normalized spacial score (nSPS) is 12.0. The molecule has 2 heterocycles. The number of amides is 1. The number of aromatic nitrogens is 2. The van der Waals surface area contributed by atoms with Gasteiger partial charge in [-0.1, -0.05) is 5.10 Å². The highest BCUT2D eigenvalue weighted by atomic mass is 16.7. The summed E-state index contributed by atoms with van der Waals surface area (Å²) in [5.41, 5.74) is 1.12. The number of hydrogen-bond acceptors (Lipinski definition) is 7. The summed E-state index contributed by atoms with van der Waals surface area (Å²) in [5.74, 6) is 1.85. The van der Waals surface area contributed by atoms with E-state index in [2.05, 4.69) is 15.5 Å². The molecule has 0 radical (unpaired) electrons. The van der Waals surface area contributed by atoms with Gasteiger partial charge in [0.1, 0.15) is 5.75 Å². The average molecular weight is 339 g/mol. The number of benzene rings is 2. The molecule has 0 saturated carbocycles. The molecule has 126 valence electrons. The summed E-state index contributed by atoms with van der Waals surface area (Å²) in [7, 11) is 1.56. The van der Waals surface area contributed by atoms with Crippen LogP contribution in [-0.4, -0.2) is 30.0 Å². The molecule has 3 aromatic rings. The first-order valence-corrected chi connectivity index (χ1v) is 7.42. The molecule has 8 heteroatoms. The first kappa shape index (κ1) is 15.0. The van der Waals surface area contributed by atoms with Crippen molar-refractivity contribution in [2.24, 2.45) is 0 Å². The van der Waals surface area contributed by atoms with Crippen molar-refractivity contribution in [2.75, 3.05) is 19.2 Å². The van der Waals surface area contributed by atoms with Crippen molar-refractivity contribution in [3.8, 4) is 28.7 Å². The van der Waals surface area contributed by atoms with Crippen LogP contribution in [0.1, 0.15) is 10.4 Å². The average Bonchev–Trinajstić information content (AvgIpc) is 3.30. The van der Waals surface area contributed by atoms with E-state index >= 15 is 0 Å². The monoisotopic (exact) mass is 339 g/mol. The Balaban J connectivity index is 1.50. The number of anilines is 1. The van der Waals surface area contributed by atoms with Gasteiger partial charge in [0, 0.05) is 11.1 Å². The van der Waals surface area contributed by atoms with Gasteiger partial charge in [0.15, 0.2) is 11.5 Å². The zero-order valence-electron chi connectivity index (χ0n) is 13.2. The van der Waals surface area contributed by atoms with Crippen molar-refractivity contribution in [1.29, 1.82) is 0 Å². The van der Waals surface area contributed by atoms with Crippen LogP contribution < -0.4 is 19.5 Å². The Labute approximate surface area is 142 Å². The molecule has 0 atom stereocenters. The standard InChI is InChI=1S/C17H13N3O5/c1-22-12-5-2-10(3-6-12)15(21)18-17-20-19-16(25-17)11-4-7-13-14(8-11)24-9-23-13/h2-8H,9H2,1H3,(H,18,20,21). The lowest BCUT2D eigenvalue weighted by Crippen LogP contribution is -2.11. The van der Waals surface area contributed by atoms with Crippen LogP contribution in [0, 0.1) is 0 Å². The van der Waals surface area contributed by atoms with Crippen molar-refractivity contribution in [3.63, 3.8) is 0 Å². The van der Waals surface area contributed by atoms with Gasteiger partial charge in [-0.2, -0.15) is 0 Å². The summed E-state index contributed by atoms with van der Waals surface area (Å²) < 4.78 is 21.1. The molecule has 1 aliphatic heterocycles. The maximum atomic E-state index is 12.2. The van der Waals surface area contributed by atoms with E-state index in [-0.39, 0.29) is 24.6 Å². The number of nitrogens with zero attached hydrogens (tertiary/aromatic N) is 2. The molecular formula is C17H13N3O5. The fourth-order valence-electron chi connectivity index (χ4n) is 2.33. The third kappa shape index (κ3) is 2.97. The Morgan fingerprint density at radius 2 is 1.88 bits per heavy atom. The molecule has 1 amide bonds. The lowest BCUT2D eigenvalue weighted by Gasteiger charge is -2.02. The second kappa shape index (κ2) is 6.16. The highest BCUT2D eigenvalue weighted by Crippen LogP contribution is 2.35. The van der Waals surface area contributed by atoms with E-state index in [0.29, 0.717) is 28.4 Å². The molecule has 0 aliphatic carbocycles. The summed E-state index contributed by atoms with van der Waals surface area (Å²) in [4.78, 5) is 12.2. The Morgan fingerprint density at radius 1 is 1.08 bits per heavy atom. The predicted octanol–water partition coefficient (Wildman–Crippen LogP) is 2.73. The summed E-state index contributed by atoms with van der Waals surface area (Å²) in [6, 6.07) is 12.0. The van der Waals surface area contributed by atoms with Gasteiger partial charge in [0.25, 0.3) is 5.91 Å². The maximum absolute atomic E-state index is 12.2. The highest BCUT2D eigenvalue weighted by Gasteiger charge is 2.17. The highest BCUT2D eigenvalue weighted by molar-refractivity contribution is 6.03. The second-order valence-electron chi connectivity index (χ2n) is 5.16. The van der Waals surface area contributed by atoms with E-state index in [4.69, 9.17) is 18.6 Å². The predicted molar refractivity (Wildman–Crippen MR) is 86.8 cm³/mol. The first-order chi connectivity index (χ1) is 12.2. The van der Waals surface area contributed by atoms with E-state index in [1.807, 2.05) is 0 Å². The van der Waals surface area contributed by atoms with Gasteiger partial charge in [-0.3, -0.25) is 10.1 Å².